The largest absolute Gasteiger partial charge is 0.350 e. The Morgan fingerprint density at radius 3 is 2.21 bits per heavy atom. The van der Waals surface area contributed by atoms with Crippen molar-refractivity contribution in [3.05, 3.63) is 35.4 Å². The Bertz CT molecular complexity index is 375. The van der Waals surface area contributed by atoms with Gasteiger partial charge in [-0.05, 0) is 24.5 Å². The molecule has 0 aromatic heterocycles. The molecule has 0 unspecified atom stereocenters. The average molecular weight is 262 g/mol. The Kier molecular flexibility index (Phi) is 5.00. The van der Waals surface area contributed by atoms with Crippen molar-refractivity contribution in [3.8, 4) is 0 Å². The zero-order chi connectivity index (χ0) is 13.7. The standard InChI is InChI=1S/C17H26O2/c1-4-6-14-7-9-15(10-8-14)16-12-18-17(3,11-5-2)19-13-16/h7-10,16H,4-6,11-13H2,1-3H3. The van der Waals surface area contributed by atoms with Gasteiger partial charge in [-0.3, -0.25) is 0 Å². The topological polar surface area (TPSA) is 18.5 Å². The zero-order valence-electron chi connectivity index (χ0n) is 12.4. The number of benzene rings is 1. The van der Waals surface area contributed by atoms with E-state index in [1.165, 1.54) is 17.5 Å². The molecule has 0 N–H and O–H groups in total. The first kappa shape index (κ1) is 14.5. The van der Waals surface area contributed by atoms with Crippen molar-refractivity contribution >= 4 is 0 Å². The van der Waals surface area contributed by atoms with E-state index in [2.05, 4.69) is 45.0 Å². The lowest BCUT2D eigenvalue weighted by molar-refractivity contribution is -0.265. The molecule has 0 saturated carbocycles. The maximum absolute atomic E-state index is 5.93. The molecule has 1 aliphatic rings. The Morgan fingerprint density at radius 2 is 1.68 bits per heavy atom. The minimum absolute atomic E-state index is 0.368. The van der Waals surface area contributed by atoms with Crippen LogP contribution in [0.2, 0.25) is 0 Å². The monoisotopic (exact) mass is 262 g/mol. The van der Waals surface area contributed by atoms with Crippen LogP contribution in [-0.2, 0) is 15.9 Å². The summed E-state index contributed by atoms with van der Waals surface area (Å²) < 4.78 is 11.9. The van der Waals surface area contributed by atoms with E-state index in [-0.39, 0.29) is 5.79 Å². The molecule has 1 fully saturated rings. The van der Waals surface area contributed by atoms with Crippen LogP contribution in [-0.4, -0.2) is 19.0 Å². The SMILES string of the molecule is CCCc1ccc(C2COC(C)(CCC)OC2)cc1. The average Bonchev–Trinajstić information content (AvgIpc) is 2.41. The van der Waals surface area contributed by atoms with Gasteiger partial charge in [0, 0.05) is 12.3 Å². The van der Waals surface area contributed by atoms with Crippen molar-refractivity contribution < 1.29 is 9.47 Å². The van der Waals surface area contributed by atoms with Crippen LogP contribution in [0.5, 0.6) is 0 Å². The van der Waals surface area contributed by atoms with Gasteiger partial charge in [-0.25, -0.2) is 0 Å². The maximum atomic E-state index is 5.93. The molecule has 19 heavy (non-hydrogen) atoms. The number of rotatable bonds is 5. The third-order valence-corrected chi connectivity index (χ3v) is 3.87. The summed E-state index contributed by atoms with van der Waals surface area (Å²) in [5.74, 6) is 0.00791. The number of hydrogen-bond acceptors (Lipinski definition) is 2. The molecule has 0 amide bonds. The summed E-state index contributed by atoms with van der Waals surface area (Å²) in [5, 5.41) is 0. The van der Waals surface area contributed by atoms with Gasteiger partial charge in [0.25, 0.3) is 0 Å². The van der Waals surface area contributed by atoms with Gasteiger partial charge in [-0.1, -0.05) is 51.0 Å². The van der Waals surface area contributed by atoms with Crippen LogP contribution < -0.4 is 0 Å². The summed E-state index contributed by atoms with van der Waals surface area (Å²) in [6.45, 7) is 7.96. The van der Waals surface area contributed by atoms with E-state index in [0.717, 1.165) is 32.5 Å². The van der Waals surface area contributed by atoms with Crippen molar-refractivity contribution in [2.24, 2.45) is 0 Å². The zero-order valence-corrected chi connectivity index (χ0v) is 12.4. The van der Waals surface area contributed by atoms with E-state index < -0.39 is 0 Å². The first-order valence-corrected chi connectivity index (χ1v) is 7.53. The number of ether oxygens (including phenoxy) is 2. The van der Waals surface area contributed by atoms with Crippen LogP contribution in [0.3, 0.4) is 0 Å². The number of hydrogen-bond donors (Lipinski definition) is 0. The van der Waals surface area contributed by atoms with E-state index in [9.17, 15) is 0 Å². The van der Waals surface area contributed by atoms with Gasteiger partial charge in [-0.2, -0.15) is 0 Å². The third kappa shape index (κ3) is 3.80. The summed E-state index contributed by atoms with van der Waals surface area (Å²) >= 11 is 0. The lowest BCUT2D eigenvalue weighted by atomic mass is 9.97. The minimum Gasteiger partial charge on any atom is -0.350 e. The molecular weight excluding hydrogens is 236 g/mol. The van der Waals surface area contributed by atoms with Gasteiger partial charge >= 0.3 is 0 Å². The normalized spacial score (nSPS) is 27.4. The molecule has 0 atom stereocenters. The molecule has 0 radical (unpaired) electrons. The van der Waals surface area contributed by atoms with Crippen molar-refractivity contribution in [3.63, 3.8) is 0 Å². The molecule has 0 aliphatic carbocycles. The second kappa shape index (κ2) is 6.53. The molecule has 2 heteroatoms. The van der Waals surface area contributed by atoms with Gasteiger partial charge in [0.1, 0.15) is 0 Å². The van der Waals surface area contributed by atoms with E-state index in [4.69, 9.17) is 9.47 Å². The summed E-state index contributed by atoms with van der Waals surface area (Å²) in [7, 11) is 0. The van der Waals surface area contributed by atoms with Crippen molar-refractivity contribution in [1.29, 1.82) is 0 Å². The van der Waals surface area contributed by atoms with Gasteiger partial charge in [0.2, 0.25) is 0 Å². The number of aryl methyl sites for hydroxylation is 1. The lowest BCUT2D eigenvalue weighted by Gasteiger charge is -2.37. The van der Waals surface area contributed by atoms with Crippen molar-refractivity contribution in [2.75, 3.05) is 13.2 Å². The molecule has 106 valence electrons. The summed E-state index contributed by atoms with van der Waals surface area (Å²) in [5.41, 5.74) is 2.75. The predicted molar refractivity (Wildman–Crippen MR) is 78.4 cm³/mol. The molecule has 1 aromatic rings. The molecule has 1 aliphatic heterocycles. The summed E-state index contributed by atoms with van der Waals surface area (Å²) in [6.07, 6.45) is 4.42. The fraction of sp³-hybridized carbons (Fsp3) is 0.647. The van der Waals surface area contributed by atoms with Crippen LogP contribution in [0.15, 0.2) is 24.3 Å². The molecule has 0 spiro atoms. The quantitative estimate of drug-likeness (QED) is 0.788. The summed E-state index contributed by atoms with van der Waals surface area (Å²) in [4.78, 5) is 0. The van der Waals surface area contributed by atoms with Crippen LogP contribution in [0.4, 0.5) is 0 Å². The van der Waals surface area contributed by atoms with E-state index in [0.29, 0.717) is 5.92 Å². The highest BCUT2D eigenvalue weighted by molar-refractivity contribution is 5.26. The van der Waals surface area contributed by atoms with E-state index >= 15 is 0 Å². The highest BCUT2D eigenvalue weighted by atomic mass is 16.7. The van der Waals surface area contributed by atoms with Crippen molar-refractivity contribution in [2.45, 2.75) is 58.2 Å². The fourth-order valence-corrected chi connectivity index (χ4v) is 2.68. The van der Waals surface area contributed by atoms with Gasteiger partial charge in [-0.15, -0.1) is 0 Å². The van der Waals surface area contributed by atoms with Gasteiger partial charge in [0.05, 0.1) is 13.2 Å². The van der Waals surface area contributed by atoms with Crippen LogP contribution in [0.1, 0.15) is 57.1 Å². The fourth-order valence-electron chi connectivity index (χ4n) is 2.68. The van der Waals surface area contributed by atoms with Crippen LogP contribution >= 0.6 is 0 Å². The van der Waals surface area contributed by atoms with E-state index in [1.54, 1.807) is 0 Å². The van der Waals surface area contributed by atoms with Crippen molar-refractivity contribution in [1.82, 2.24) is 0 Å². The summed E-state index contributed by atoms with van der Waals surface area (Å²) in [6, 6.07) is 8.92. The van der Waals surface area contributed by atoms with Crippen LogP contribution in [0, 0.1) is 0 Å². The Hall–Kier alpha value is -0.860. The molecule has 2 nitrogen and oxygen atoms in total. The lowest BCUT2D eigenvalue weighted by Crippen LogP contribution is -2.40. The van der Waals surface area contributed by atoms with E-state index in [1.807, 2.05) is 0 Å². The van der Waals surface area contributed by atoms with Gasteiger partial charge in [0.15, 0.2) is 5.79 Å². The first-order chi connectivity index (χ1) is 9.17. The molecular formula is C17H26O2. The molecule has 1 aromatic carbocycles. The second-order valence-electron chi connectivity index (χ2n) is 5.69. The minimum atomic E-state index is -0.368. The molecule has 1 heterocycles. The molecule has 1 saturated heterocycles. The molecule has 0 bridgehead atoms. The second-order valence-corrected chi connectivity index (χ2v) is 5.69. The Labute approximate surface area is 117 Å². The highest BCUT2D eigenvalue weighted by Crippen LogP contribution is 2.30. The van der Waals surface area contributed by atoms with Crippen LogP contribution in [0.25, 0.3) is 0 Å². The predicted octanol–water partition coefficient (Wildman–Crippen LogP) is 4.29. The Balaban J connectivity index is 1.93. The smallest absolute Gasteiger partial charge is 0.165 e. The third-order valence-electron chi connectivity index (χ3n) is 3.87. The Morgan fingerprint density at radius 1 is 1.05 bits per heavy atom. The molecule has 2 rings (SSSR count). The van der Waals surface area contributed by atoms with Gasteiger partial charge < -0.3 is 9.47 Å². The highest BCUT2D eigenvalue weighted by Gasteiger charge is 2.32. The maximum Gasteiger partial charge on any atom is 0.165 e. The first-order valence-electron chi connectivity index (χ1n) is 7.53.